The van der Waals surface area contributed by atoms with E-state index >= 15 is 0 Å². The Hall–Kier alpha value is -1.75. The lowest BCUT2D eigenvalue weighted by atomic mass is 9.70. The van der Waals surface area contributed by atoms with E-state index in [1.165, 1.54) is 24.3 Å². The zero-order valence-electron chi connectivity index (χ0n) is 14.4. The number of hydrogen-bond donors (Lipinski definition) is 2. The van der Waals surface area contributed by atoms with E-state index in [0.29, 0.717) is 10.8 Å². The number of carbonyl (C=O) groups excluding carboxylic acids is 2. The molecule has 2 amide bonds. The Balaban J connectivity index is 1.68. The Labute approximate surface area is 147 Å². The number of thioether (sulfide) groups is 1. The van der Waals surface area contributed by atoms with Crippen LogP contribution in [0.15, 0.2) is 40.1 Å². The summed E-state index contributed by atoms with van der Waals surface area (Å²) in [5.41, 5.74) is 1.05. The second kappa shape index (κ2) is 6.63. The van der Waals surface area contributed by atoms with Crippen molar-refractivity contribution in [1.29, 1.82) is 0 Å². The summed E-state index contributed by atoms with van der Waals surface area (Å²) in [5, 5.41) is 5.92. The van der Waals surface area contributed by atoms with Gasteiger partial charge in [-0.05, 0) is 42.7 Å². The average molecular weight is 344 g/mol. The van der Waals surface area contributed by atoms with Gasteiger partial charge in [0.15, 0.2) is 0 Å². The molecular weight excluding hydrogens is 320 g/mol. The molecule has 24 heavy (non-hydrogen) atoms. The van der Waals surface area contributed by atoms with Crippen LogP contribution in [0.25, 0.3) is 0 Å². The second-order valence-corrected chi connectivity index (χ2v) is 8.76. The molecule has 2 atom stereocenters. The molecule has 0 saturated heterocycles. The first kappa shape index (κ1) is 17.1. The lowest BCUT2D eigenvalue weighted by Crippen LogP contribution is -2.42. The van der Waals surface area contributed by atoms with Crippen molar-refractivity contribution in [2.75, 3.05) is 5.32 Å². The van der Waals surface area contributed by atoms with Crippen LogP contribution in [0.3, 0.4) is 0 Å². The smallest absolute Gasteiger partial charge is 0.262 e. The SMILES string of the molecule is C[C@@H]1C[C@H](NC(=O)/C=C2/Sc3ccccc3NC2=O)CC(C)(C)C1. The van der Waals surface area contributed by atoms with Crippen LogP contribution >= 0.6 is 11.8 Å². The number of nitrogens with one attached hydrogen (secondary N) is 2. The van der Waals surface area contributed by atoms with Crippen LogP contribution in [0.5, 0.6) is 0 Å². The number of benzene rings is 1. The minimum absolute atomic E-state index is 0.178. The van der Waals surface area contributed by atoms with Gasteiger partial charge in [0, 0.05) is 17.0 Å². The highest BCUT2D eigenvalue weighted by Crippen LogP contribution is 2.39. The predicted octanol–water partition coefficient (Wildman–Crippen LogP) is 3.95. The molecular formula is C19H24N2O2S. The first-order chi connectivity index (χ1) is 11.3. The van der Waals surface area contributed by atoms with Crippen LogP contribution in [-0.4, -0.2) is 17.9 Å². The molecule has 1 aromatic carbocycles. The van der Waals surface area contributed by atoms with Crippen LogP contribution in [0.2, 0.25) is 0 Å². The predicted molar refractivity (Wildman–Crippen MR) is 97.7 cm³/mol. The Morgan fingerprint density at radius 3 is 2.83 bits per heavy atom. The Bertz CT molecular complexity index is 696. The van der Waals surface area contributed by atoms with Gasteiger partial charge in [-0.25, -0.2) is 0 Å². The van der Waals surface area contributed by atoms with E-state index < -0.39 is 0 Å². The minimum atomic E-state index is -0.216. The van der Waals surface area contributed by atoms with E-state index in [0.717, 1.165) is 23.4 Å². The summed E-state index contributed by atoms with van der Waals surface area (Å²) in [6, 6.07) is 7.79. The van der Waals surface area contributed by atoms with E-state index in [-0.39, 0.29) is 23.3 Å². The summed E-state index contributed by atoms with van der Waals surface area (Å²) in [7, 11) is 0. The second-order valence-electron chi connectivity index (χ2n) is 7.68. The Morgan fingerprint density at radius 2 is 2.08 bits per heavy atom. The number of anilines is 1. The maximum absolute atomic E-state index is 12.4. The van der Waals surface area contributed by atoms with Gasteiger partial charge in [-0.2, -0.15) is 0 Å². The first-order valence-corrected chi connectivity index (χ1v) is 9.24. The summed E-state index contributed by atoms with van der Waals surface area (Å²) >= 11 is 1.34. The van der Waals surface area contributed by atoms with Crippen molar-refractivity contribution in [2.24, 2.45) is 11.3 Å². The fraction of sp³-hybridized carbons (Fsp3) is 0.474. The van der Waals surface area contributed by atoms with Crippen LogP contribution in [0, 0.1) is 11.3 Å². The first-order valence-electron chi connectivity index (χ1n) is 8.43. The molecule has 1 aliphatic heterocycles. The Kier molecular flexibility index (Phi) is 4.72. The molecule has 5 heteroatoms. The monoisotopic (exact) mass is 344 g/mol. The molecule has 3 rings (SSSR count). The molecule has 1 saturated carbocycles. The quantitative estimate of drug-likeness (QED) is 0.799. The van der Waals surface area contributed by atoms with E-state index in [1.807, 2.05) is 24.3 Å². The standard InChI is InChI=1S/C19H24N2O2S/c1-12-8-13(11-19(2,3)10-12)20-17(22)9-16-18(23)21-14-6-4-5-7-15(14)24-16/h4-7,9,12-13H,8,10-11H2,1-3H3,(H,20,22)(H,21,23)/b16-9+/t12-,13+/m1/s1. The molecule has 1 heterocycles. The normalized spacial score (nSPS) is 27.3. The van der Waals surface area contributed by atoms with Crippen molar-refractivity contribution in [3.63, 3.8) is 0 Å². The zero-order valence-corrected chi connectivity index (χ0v) is 15.2. The van der Waals surface area contributed by atoms with E-state index in [1.54, 1.807) is 0 Å². The van der Waals surface area contributed by atoms with Gasteiger partial charge in [0.2, 0.25) is 5.91 Å². The van der Waals surface area contributed by atoms with Gasteiger partial charge in [0.05, 0.1) is 10.6 Å². The number of rotatable bonds is 2. The fourth-order valence-corrected chi connectivity index (χ4v) is 4.84. The summed E-state index contributed by atoms with van der Waals surface area (Å²) in [5.74, 6) is 0.207. The third-order valence-electron chi connectivity index (χ3n) is 4.57. The third-order valence-corrected chi connectivity index (χ3v) is 5.67. The van der Waals surface area contributed by atoms with Crippen molar-refractivity contribution in [3.8, 4) is 0 Å². The highest BCUT2D eigenvalue weighted by Gasteiger charge is 2.32. The molecule has 2 N–H and O–H groups in total. The number of carbonyl (C=O) groups is 2. The van der Waals surface area contributed by atoms with E-state index in [9.17, 15) is 9.59 Å². The summed E-state index contributed by atoms with van der Waals surface area (Å²) < 4.78 is 0. The molecule has 1 aromatic rings. The van der Waals surface area contributed by atoms with Gasteiger partial charge in [0.25, 0.3) is 5.91 Å². The highest BCUT2D eigenvalue weighted by atomic mass is 32.2. The van der Waals surface area contributed by atoms with Crippen molar-refractivity contribution in [3.05, 3.63) is 35.2 Å². The lowest BCUT2D eigenvalue weighted by Gasteiger charge is -2.39. The van der Waals surface area contributed by atoms with Crippen LogP contribution < -0.4 is 10.6 Å². The van der Waals surface area contributed by atoms with Gasteiger partial charge < -0.3 is 10.6 Å². The van der Waals surface area contributed by atoms with Gasteiger partial charge in [-0.15, -0.1) is 0 Å². The van der Waals surface area contributed by atoms with Gasteiger partial charge in [-0.1, -0.05) is 44.7 Å². The van der Waals surface area contributed by atoms with Gasteiger partial charge in [0.1, 0.15) is 0 Å². The van der Waals surface area contributed by atoms with Crippen LogP contribution in [0.4, 0.5) is 5.69 Å². The van der Waals surface area contributed by atoms with Gasteiger partial charge in [-0.3, -0.25) is 9.59 Å². The fourth-order valence-electron chi connectivity index (χ4n) is 3.92. The number of hydrogen-bond acceptors (Lipinski definition) is 3. The molecule has 0 spiro atoms. The number of para-hydroxylation sites is 1. The molecule has 4 nitrogen and oxygen atoms in total. The van der Waals surface area contributed by atoms with Crippen molar-refractivity contribution in [2.45, 2.75) is 51.0 Å². The summed E-state index contributed by atoms with van der Waals surface area (Å²) in [6.07, 6.45) is 4.60. The molecule has 1 fully saturated rings. The largest absolute Gasteiger partial charge is 0.350 e. The molecule has 0 unspecified atom stereocenters. The lowest BCUT2D eigenvalue weighted by molar-refractivity contribution is -0.118. The highest BCUT2D eigenvalue weighted by molar-refractivity contribution is 8.04. The molecule has 0 radical (unpaired) electrons. The van der Waals surface area contributed by atoms with Crippen molar-refractivity contribution >= 4 is 29.3 Å². The molecule has 2 aliphatic rings. The van der Waals surface area contributed by atoms with Crippen molar-refractivity contribution in [1.82, 2.24) is 5.32 Å². The number of amides is 2. The maximum atomic E-state index is 12.4. The zero-order chi connectivity index (χ0) is 17.3. The minimum Gasteiger partial charge on any atom is -0.350 e. The summed E-state index contributed by atoms with van der Waals surface area (Å²) in [4.78, 5) is 25.9. The average Bonchev–Trinajstić information content (AvgIpc) is 2.45. The topological polar surface area (TPSA) is 58.2 Å². The van der Waals surface area contributed by atoms with Crippen molar-refractivity contribution < 1.29 is 9.59 Å². The van der Waals surface area contributed by atoms with E-state index in [4.69, 9.17) is 0 Å². The molecule has 0 bridgehead atoms. The Morgan fingerprint density at radius 1 is 1.33 bits per heavy atom. The summed E-state index contributed by atoms with van der Waals surface area (Å²) in [6.45, 7) is 6.74. The third kappa shape index (κ3) is 4.01. The van der Waals surface area contributed by atoms with Crippen LogP contribution in [0.1, 0.15) is 40.0 Å². The van der Waals surface area contributed by atoms with Gasteiger partial charge >= 0.3 is 0 Å². The van der Waals surface area contributed by atoms with Crippen LogP contribution in [-0.2, 0) is 9.59 Å². The molecule has 128 valence electrons. The maximum Gasteiger partial charge on any atom is 0.262 e. The number of fused-ring (bicyclic) bond motifs is 1. The molecule has 1 aliphatic carbocycles. The van der Waals surface area contributed by atoms with E-state index in [2.05, 4.69) is 31.4 Å². The molecule has 0 aromatic heterocycles.